The van der Waals surface area contributed by atoms with Crippen LogP contribution >= 0.6 is 0 Å². The van der Waals surface area contributed by atoms with Gasteiger partial charge in [-0.05, 0) is 77.4 Å². The van der Waals surface area contributed by atoms with Crippen molar-refractivity contribution in [2.75, 3.05) is 56.6 Å². The van der Waals surface area contributed by atoms with Crippen LogP contribution in [0.4, 0.5) is 11.8 Å². The molecule has 2 saturated heterocycles. The number of piperidine rings is 1. The third kappa shape index (κ3) is 5.06. The number of aryl methyl sites for hydroxylation is 2. The lowest BCUT2D eigenvalue weighted by atomic mass is 9.94. The average molecular weight is 540 g/mol. The molecule has 0 aliphatic carbocycles. The van der Waals surface area contributed by atoms with Crippen molar-refractivity contribution in [1.82, 2.24) is 24.9 Å². The Balaban J connectivity index is 1.44. The van der Waals surface area contributed by atoms with Crippen molar-refractivity contribution in [3.8, 4) is 11.1 Å². The molecule has 0 N–H and O–H groups in total. The van der Waals surface area contributed by atoms with Crippen molar-refractivity contribution in [3.05, 3.63) is 65.5 Å². The van der Waals surface area contributed by atoms with Crippen LogP contribution in [0.3, 0.4) is 0 Å². The summed E-state index contributed by atoms with van der Waals surface area (Å²) in [7, 11) is 4.29. The number of aromatic nitrogens is 3. The second kappa shape index (κ2) is 11.2. The Hall–Kier alpha value is -3.49. The van der Waals surface area contributed by atoms with Gasteiger partial charge in [0, 0.05) is 43.7 Å². The van der Waals surface area contributed by atoms with E-state index in [1.807, 2.05) is 13.8 Å². The van der Waals surface area contributed by atoms with E-state index >= 15 is 0 Å². The molecule has 2 aliphatic heterocycles. The van der Waals surface area contributed by atoms with Gasteiger partial charge in [-0.25, -0.2) is 4.98 Å². The summed E-state index contributed by atoms with van der Waals surface area (Å²) in [6, 6.07) is 17.7. The zero-order chi connectivity index (χ0) is 27.8. The van der Waals surface area contributed by atoms with E-state index in [4.69, 9.17) is 14.5 Å². The summed E-state index contributed by atoms with van der Waals surface area (Å²) in [6.45, 7) is 11.1. The highest BCUT2D eigenvalue weighted by molar-refractivity contribution is 5.94. The molecule has 0 radical (unpaired) electrons. The van der Waals surface area contributed by atoms with Gasteiger partial charge in [-0.2, -0.15) is 4.98 Å². The van der Waals surface area contributed by atoms with Crippen LogP contribution in [0, 0.1) is 13.8 Å². The highest BCUT2D eigenvalue weighted by Crippen LogP contribution is 2.40. The number of hydrogen-bond acceptors (Lipinski definition) is 8. The Bertz CT molecular complexity index is 1440. The predicted octanol–water partition coefficient (Wildman–Crippen LogP) is 5.66. The van der Waals surface area contributed by atoms with Crippen LogP contribution in [-0.2, 0) is 0 Å². The lowest BCUT2D eigenvalue weighted by Crippen LogP contribution is -2.53. The molecule has 4 aromatic rings. The van der Waals surface area contributed by atoms with Crippen LogP contribution in [-0.4, -0.2) is 77.9 Å². The van der Waals surface area contributed by atoms with Crippen molar-refractivity contribution in [2.24, 2.45) is 0 Å². The number of anilines is 2. The Morgan fingerprint density at radius 1 is 0.925 bits per heavy atom. The molecule has 0 bridgehead atoms. The molecule has 2 aromatic carbocycles. The van der Waals surface area contributed by atoms with Crippen molar-refractivity contribution in [3.63, 3.8) is 0 Å². The fraction of sp³-hybridized carbons (Fsp3) is 0.469. The molecule has 2 unspecified atom stereocenters. The zero-order valence-electron chi connectivity index (χ0n) is 24.5. The van der Waals surface area contributed by atoms with Gasteiger partial charge in [0.2, 0.25) is 5.95 Å². The van der Waals surface area contributed by atoms with Gasteiger partial charge in [0.05, 0.1) is 23.4 Å². The predicted molar refractivity (Wildman–Crippen MR) is 162 cm³/mol. The summed E-state index contributed by atoms with van der Waals surface area (Å²) in [4.78, 5) is 20.2. The fourth-order valence-electron chi connectivity index (χ4n) is 6.34. The number of rotatable bonds is 6. The molecule has 0 amide bonds. The Morgan fingerprint density at radius 3 is 2.40 bits per heavy atom. The van der Waals surface area contributed by atoms with Crippen LogP contribution in [0.15, 0.2) is 53.1 Å². The molecule has 6 rings (SSSR count). The third-order valence-electron chi connectivity index (χ3n) is 8.82. The minimum Gasteiger partial charge on any atom is -0.361 e. The minimum atomic E-state index is 0.293. The van der Waals surface area contributed by atoms with Gasteiger partial charge < -0.3 is 14.3 Å². The molecule has 0 spiro atoms. The lowest BCUT2D eigenvalue weighted by molar-refractivity contribution is 0.0876. The highest BCUT2D eigenvalue weighted by Gasteiger charge is 2.29. The largest absolute Gasteiger partial charge is 0.361 e. The minimum absolute atomic E-state index is 0.293. The van der Waals surface area contributed by atoms with E-state index < -0.39 is 0 Å². The molecule has 2 atom stereocenters. The molecular formula is C32H41N7O. The number of hydrogen-bond donors (Lipinski definition) is 0. The normalized spacial score (nSPS) is 19.5. The van der Waals surface area contributed by atoms with Crippen molar-refractivity contribution >= 4 is 22.7 Å². The number of nitrogens with zero attached hydrogens (tertiary/aromatic N) is 7. The Morgan fingerprint density at radius 2 is 1.70 bits per heavy atom. The van der Waals surface area contributed by atoms with Gasteiger partial charge in [-0.15, -0.1) is 0 Å². The summed E-state index contributed by atoms with van der Waals surface area (Å²) in [5.74, 6) is 2.70. The maximum Gasteiger partial charge on any atom is 0.227 e. The average Bonchev–Trinajstić information content (AvgIpc) is 3.33. The van der Waals surface area contributed by atoms with Crippen LogP contribution < -0.4 is 9.80 Å². The van der Waals surface area contributed by atoms with E-state index in [0.717, 1.165) is 90.8 Å². The Kier molecular flexibility index (Phi) is 7.47. The first-order valence-corrected chi connectivity index (χ1v) is 14.6. The number of piperazine rings is 1. The maximum atomic E-state index is 5.52. The summed E-state index contributed by atoms with van der Waals surface area (Å²) in [5.41, 5.74) is 5.39. The van der Waals surface area contributed by atoms with Crippen LogP contribution in [0.25, 0.3) is 22.0 Å². The fourth-order valence-corrected chi connectivity index (χ4v) is 6.34. The second-order valence-electron chi connectivity index (χ2n) is 11.5. The zero-order valence-corrected chi connectivity index (χ0v) is 24.5. The van der Waals surface area contributed by atoms with Gasteiger partial charge in [0.15, 0.2) is 0 Å². The van der Waals surface area contributed by atoms with Crippen molar-refractivity contribution < 1.29 is 4.52 Å². The van der Waals surface area contributed by atoms with Gasteiger partial charge >= 0.3 is 0 Å². The first-order valence-electron chi connectivity index (χ1n) is 14.6. The lowest BCUT2D eigenvalue weighted by Gasteiger charge is -2.41. The van der Waals surface area contributed by atoms with E-state index in [0.29, 0.717) is 12.2 Å². The molecule has 8 nitrogen and oxygen atoms in total. The monoisotopic (exact) mass is 539 g/mol. The van der Waals surface area contributed by atoms with E-state index in [2.05, 4.69) is 94.3 Å². The smallest absolute Gasteiger partial charge is 0.227 e. The molecule has 210 valence electrons. The Labute approximate surface area is 237 Å². The quantitative estimate of drug-likeness (QED) is 0.311. The standard InChI is InChI=1S/C32H41N7O/c1-22-30(23(2)40-35-22)26-14-15-28-27(21-26)31(39-16-10-9-13-29(39)25-11-7-6-8-12-25)34-32(33-28)38-19-17-37(18-20-38)24(3)36(4)5/h6-8,11-12,14-15,21,24,29H,9-10,13,16-20H2,1-5H3. The molecular weight excluding hydrogens is 498 g/mol. The molecule has 0 saturated carbocycles. The summed E-state index contributed by atoms with van der Waals surface area (Å²) < 4.78 is 5.52. The summed E-state index contributed by atoms with van der Waals surface area (Å²) in [5, 5.41) is 5.30. The first kappa shape index (κ1) is 26.7. The first-order chi connectivity index (χ1) is 19.4. The van der Waals surface area contributed by atoms with Gasteiger partial charge in [-0.1, -0.05) is 41.6 Å². The van der Waals surface area contributed by atoms with Crippen LogP contribution in [0.2, 0.25) is 0 Å². The van der Waals surface area contributed by atoms with E-state index in [9.17, 15) is 0 Å². The van der Waals surface area contributed by atoms with Gasteiger partial charge in [-0.3, -0.25) is 9.80 Å². The molecule has 2 fully saturated rings. The maximum absolute atomic E-state index is 5.52. The second-order valence-corrected chi connectivity index (χ2v) is 11.5. The number of benzene rings is 2. The molecule has 2 aromatic heterocycles. The van der Waals surface area contributed by atoms with Crippen molar-refractivity contribution in [1.29, 1.82) is 0 Å². The van der Waals surface area contributed by atoms with E-state index in [-0.39, 0.29) is 0 Å². The highest BCUT2D eigenvalue weighted by atomic mass is 16.5. The van der Waals surface area contributed by atoms with Gasteiger partial charge in [0.25, 0.3) is 0 Å². The SMILES string of the molecule is Cc1noc(C)c1-c1ccc2nc(N3CCN(C(C)N(C)C)CC3)nc(N3CCCCC3c3ccccc3)c2c1. The molecule has 8 heteroatoms. The third-order valence-corrected chi connectivity index (χ3v) is 8.82. The summed E-state index contributed by atoms with van der Waals surface area (Å²) in [6.07, 6.45) is 3.92. The molecule has 2 aliphatic rings. The van der Waals surface area contributed by atoms with Gasteiger partial charge in [0.1, 0.15) is 11.6 Å². The van der Waals surface area contributed by atoms with Crippen molar-refractivity contribution in [2.45, 2.75) is 52.2 Å². The molecule has 40 heavy (non-hydrogen) atoms. The van der Waals surface area contributed by atoms with E-state index in [1.54, 1.807) is 0 Å². The topological polar surface area (TPSA) is 64.8 Å². The number of fused-ring (bicyclic) bond motifs is 1. The van der Waals surface area contributed by atoms with Crippen LogP contribution in [0.1, 0.15) is 49.2 Å². The van der Waals surface area contributed by atoms with Crippen LogP contribution in [0.5, 0.6) is 0 Å². The summed E-state index contributed by atoms with van der Waals surface area (Å²) >= 11 is 0. The molecule has 4 heterocycles. The van der Waals surface area contributed by atoms with E-state index in [1.165, 1.54) is 12.0 Å².